The Kier molecular flexibility index (Phi) is 4.84. The minimum atomic E-state index is -0.341. The summed E-state index contributed by atoms with van der Waals surface area (Å²) in [6.45, 7) is 0.663. The van der Waals surface area contributed by atoms with Crippen LogP contribution in [0.4, 0.5) is 10.2 Å². The highest BCUT2D eigenvalue weighted by Crippen LogP contribution is 2.31. The molecule has 24 heavy (non-hydrogen) atoms. The second kappa shape index (κ2) is 7.21. The van der Waals surface area contributed by atoms with Gasteiger partial charge in [0.15, 0.2) is 0 Å². The summed E-state index contributed by atoms with van der Waals surface area (Å²) in [6.07, 6.45) is 8.03. The van der Waals surface area contributed by atoms with Gasteiger partial charge in [-0.1, -0.05) is 18.2 Å². The number of rotatable bonds is 4. The van der Waals surface area contributed by atoms with Gasteiger partial charge in [-0.25, -0.2) is 9.37 Å². The largest absolute Gasteiger partial charge is 0.372 e. The molecule has 0 spiro atoms. The van der Waals surface area contributed by atoms with Crippen molar-refractivity contribution in [2.75, 3.05) is 18.9 Å². The van der Waals surface area contributed by atoms with Crippen LogP contribution in [-0.4, -0.2) is 34.4 Å². The lowest BCUT2D eigenvalue weighted by Crippen LogP contribution is -2.29. The fourth-order valence-corrected chi connectivity index (χ4v) is 2.87. The van der Waals surface area contributed by atoms with Crippen LogP contribution in [0.5, 0.6) is 0 Å². The third-order valence-corrected chi connectivity index (χ3v) is 4.10. The van der Waals surface area contributed by atoms with Gasteiger partial charge in [0.05, 0.1) is 24.1 Å². The number of carbonyl (C=O) groups excluding carboxylic acids is 1. The molecule has 5 nitrogen and oxygen atoms in total. The van der Waals surface area contributed by atoms with Crippen LogP contribution in [0.25, 0.3) is 6.08 Å². The number of likely N-dealkylation sites (tertiary alicyclic amines) is 1. The summed E-state index contributed by atoms with van der Waals surface area (Å²) < 4.78 is 13.6. The van der Waals surface area contributed by atoms with Crippen molar-refractivity contribution in [3.05, 3.63) is 59.8 Å². The van der Waals surface area contributed by atoms with Crippen molar-refractivity contribution >= 4 is 17.8 Å². The Morgan fingerprint density at radius 2 is 2.21 bits per heavy atom. The maximum absolute atomic E-state index is 13.6. The Balaban J connectivity index is 1.77. The Bertz CT molecular complexity index is 762. The van der Waals surface area contributed by atoms with Gasteiger partial charge in [0.25, 0.3) is 0 Å². The number of amides is 1. The molecule has 1 unspecified atom stereocenters. The van der Waals surface area contributed by atoms with Crippen LogP contribution in [0.3, 0.4) is 0 Å². The molecule has 0 aliphatic carbocycles. The quantitative estimate of drug-likeness (QED) is 0.878. The second-order valence-corrected chi connectivity index (χ2v) is 5.62. The van der Waals surface area contributed by atoms with E-state index in [2.05, 4.69) is 15.3 Å². The number of nitrogens with zero attached hydrogens (tertiary/aromatic N) is 3. The van der Waals surface area contributed by atoms with Gasteiger partial charge in [0.1, 0.15) is 11.6 Å². The number of benzene rings is 1. The minimum Gasteiger partial charge on any atom is -0.372 e. The first-order valence-corrected chi connectivity index (χ1v) is 7.92. The number of aromatic nitrogens is 2. The SMILES string of the molecule is CNc1cncc(C2CCCN2C(=O)/C=C/c2ccccc2F)n1. The van der Waals surface area contributed by atoms with Gasteiger partial charge in [-0.2, -0.15) is 0 Å². The maximum atomic E-state index is 13.6. The highest BCUT2D eigenvalue weighted by molar-refractivity contribution is 5.92. The van der Waals surface area contributed by atoms with Crippen LogP contribution in [-0.2, 0) is 4.79 Å². The second-order valence-electron chi connectivity index (χ2n) is 5.62. The average Bonchev–Trinajstić information content (AvgIpc) is 3.11. The average molecular weight is 326 g/mol. The Labute approximate surface area is 140 Å². The van der Waals surface area contributed by atoms with Crippen molar-refractivity contribution in [1.82, 2.24) is 14.9 Å². The summed E-state index contributed by atoms with van der Waals surface area (Å²) in [5.41, 5.74) is 1.17. The van der Waals surface area contributed by atoms with E-state index in [0.717, 1.165) is 18.5 Å². The summed E-state index contributed by atoms with van der Waals surface area (Å²) in [4.78, 5) is 22.9. The highest BCUT2D eigenvalue weighted by atomic mass is 19.1. The molecule has 0 saturated carbocycles. The van der Waals surface area contributed by atoms with E-state index in [1.807, 2.05) is 0 Å². The van der Waals surface area contributed by atoms with Gasteiger partial charge in [0.2, 0.25) is 5.91 Å². The first-order chi connectivity index (χ1) is 11.7. The van der Waals surface area contributed by atoms with Crippen molar-refractivity contribution in [2.24, 2.45) is 0 Å². The Morgan fingerprint density at radius 1 is 1.38 bits per heavy atom. The zero-order valence-corrected chi connectivity index (χ0v) is 13.4. The monoisotopic (exact) mass is 326 g/mol. The summed E-state index contributed by atoms with van der Waals surface area (Å²) in [5.74, 6) is 0.193. The molecule has 0 radical (unpaired) electrons. The van der Waals surface area contributed by atoms with Crippen molar-refractivity contribution in [1.29, 1.82) is 0 Å². The van der Waals surface area contributed by atoms with Gasteiger partial charge < -0.3 is 10.2 Å². The van der Waals surface area contributed by atoms with E-state index >= 15 is 0 Å². The fraction of sp³-hybridized carbons (Fsp3) is 0.278. The molecule has 1 fully saturated rings. The predicted octanol–water partition coefficient (Wildman–Crippen LogP) is 3.03. The minimum absolute atomic E-state index is 0.0939. The van der Waals surface area contributed by atoms with Crippen LogP contribution >= 0.6 is 0 Å². The molecule has 1 saturated heterocycles. The normalized spacial score (nSPS) is 17.4. The summed E-state index contributed by atoms with van der Waals surface area (Å²) in [5, 5.41) is 2.96. The van der Waals surface area contributed by atoms with Gasteiger partial charge >= 0.3 is 0 Å². The Hall–Kier alpha value is -2.76. The molecule has 2 aromatic rings. The van der Waals surface area contributed by atoms with Crippen LogP contribution in [0.2, 0.25) is 0 Å². The summed E-state index contributed by atoms with van der Waals surface area (Å²) in [6, 6.07) is 6.29. The first-order valence-electron chi connectivity index (χ1n) is 7.92. The van der Waals surface area contributed by atoms with E-state index < -0.39 is 0 Å². The summed E-state index contributed by atoms with van der Waals surface area (Å²) in [7, 11) is 1.78. The topological polar surface area (TPSA) is 58.1 Å². The number of carbonyl (C=O) groups is 1. The lowest BCUT2D eigenvalue weighted by molar-refractivity contribution is -0.126. The van der Waals surface area contributed by atoms with E-state index in [1.165, 1.54) is 18.2 Å². The van der Waals surface area contributed by atoms with E-state index in [-0.39, 0.29) is 17.8 Å². The predicted molar refractivity (Wildman–Crippen MR) is 90.7 cm³/mol. The number of hydrogen-bond acceptors (Lipinski definition) is 4. The van der Waals surface area contributed by atoms with Crippen LogP contribution in [0.15, 0.2) is 42.7 Å². The molecule has 1 aliphatic rings. The van der Waals surface area contributed by atoms with Gasteiger partial charge in [-0.15, -0.1) is 0 Å². The summed E-state index contributed by atoms with van der Waals surface area (Å²) >= 11 is 0. The van der Waals surface area contributed by atoms with Gasteiger partial charge in [-0.3, -0.25) is 9.78 Å². The van der Waals surface area contributed by atoms with Gasteiger partial charge in [-0.05, 0) is 25.0 Å². The molecule has 1 aromatic carbocycles. The third-order valence-electron chi connectivity index (χ3n) is 4.10. The van der Waals surface area contributed by atoms with Gasteiger partial charge in [0, 0.05) is 25.2 Å². The Morgan fingerprint density at radius 3 is 3.00 bits per heavy atom. The molecular formula is C18H19FN4O. The van der Waals surface area contributed by atoms with E-state index in [9.17, 15) is 9.18 Å². The zero-order chi connectivity index (χ0) is 16.9. The smallest absolute Gasteiger partial charge is 0.247 e. The molecule has 0 bridgehead atoms. The molecule has 124 valence electrons. The lowest BCUT2D eigenvalue weighted by Gasteiger charge is -2.23. The standard InChI is InChI=1S/C18H19FN4O/c1-20-17-12-21-11-15(22-17)16-7-4-10-23(16)18(24)9-8-13-5-2-3-6-14(13)19/h2-3,5-6,8-9,11-12,16H,4,7,10H2,1H3,(H,20,22)/b9-8+. The number of halogens is 1. The maximum Gasteiger partial charge on any atom is 0.247 e. The fourth-order valence-electron chi connectivity index (χ4n) is 2.87. The van der Waals surface area contributed by atoms with E-state index in [4.69, 9.17) is 0 Å². The molecule has 1 amide bonds. The van der Waals surface area contributed by atoms with Crippen molar-refractivity contribution in [3.63, 3.8) is 0 Å². The van der Waals surface area contributed by atoms with E-state index in [0.29, 0.717) is 17.9 Å². The molecule has 3 rings (SSSR count). The van der Waals surface area contributed by atoms with Crippen LogP contribution in [0.1, 0.15) is 30.1 Å². The highest BCUT2D eigenvalue weighted by Gasteiger charge is 2.30. The van der Waals surface area contributed by atoms with Crippen molar-refractivity contribution in [2.45, 2.75) is 18.9 Å². The van der Waals surface area contributed by atoms with Crippen LogP contribution in [0, 0.1) is 5.82 Å². The van der Waals surface area contributed by atoms with Crippen molar-refractivity contribution < 1.29 is 9.18 Å². The first kappa shape index (κ1) is 16.1. The van der Waals surface area contributed by atoms with Crippen molar-refractivity contribution in [3.8, 4) is 0 Å². The number of nitrogens with one attached hydrogen (secondary N) is 1. The molecular weight excluding hydrogens is 307 g/mol. The lowest BCUT2D eigenvalue weighted by atomic mass is 10.1. The zero-order valence-electron chi connectivity index (χ0n) is 13.4. The number of hydrogen-bond donors (Lipinski definition) is 1. The molecule has 1 aromatic heterocycles. The molecule has 2 heterocycles. The molecule has 1 aliphatic heterocycles. The van der Waals surface area contributed by atoms with E-state index in [1.54, 1.807) is 42.5 Å². The molecule has 6 heteroatoms. The molecule has 1 atom stereocenters. The number of anilines is 1. The third kappa shape index (κ3) is 3.42. The molecule has 1 N–H and O–H groups in total. The van der Waals surface area contributed by atoms with Crippen LogP contribution < -0.4 is 5.32 Å².